The molecular formula is C16H24N2O2. The largest absolute Gasteiger partial charge is 0.394 e. The molecular weight excluding hydrogens is 252 g/mol. The molecule has 1 fully saturated rings. The summed E-state index contributed by atoms with van der Waals surface area (Å²) in [5.41, 5.74) is 1.13. The molecule has 4 nitrogen and oxygen atoms in total. The van der Waals surface area contributed by atoms with Gasteiger partial charge in [0.1, 0.15) is 0 Å². The molecule has 1 heterocycles. The summed E-state index contributed by atoms with van der Waals surface area (Å²) in [5.74, 6) is 0.480. The zero-order valence-electron chi connectivity index (χ0n) is 11.8. The van der Waals surface area contributed by atoms with Crippen LogP contribution in [0.1, 0.15) is 24.8 Å². The van der Waals surface area contributed by atoms with Crippen molar-refractivity contribution in [1.82, 2.24) is 10.6 Å². The van der Waals surface area contributed by atoms with Gasteiger partial charge in [-0.1, -0.05) is 30.3 Å². The van der Waals surface area contributed by atoms with Crippen molar-refractivity contribution >= 4 is 5.91 Å². The maximum atomic E-state index is 12.0. The van der Waals surface area contributed by atoms with Crippen LogP contribution in [0.15, 0.2) is 30.3 Å². The highest BCUT2D eigenvalue weighted by molar-refractivity contribution is 5.76. The molecule has 0 aromatic heterocycles. The predicted octanol–water partition coefficient (Wildman–Crippen LogP) is 1.10. The van der Waals surface area contributed by atoms with Gasteiger partial charge in [0.15, 0.2) is 0 Å². The van der Waals surface area contributed by atoms with Crippen molar-refractivity contribution in [1.29, 1.82) is 0 Å². The van der Waals surface area contributed by atoms with Crippen molar-refractivity contribution in [2.24, 2.45) is 5.92 Å². The predicted molar refractivity (Wildman–Crippen MR) is 79.4 cm³/mol. The third-order valence-electron chi connectivity index (χ3n) is 3.78. The van der Waals surface area contributed by atoms with E-state index in [1.165, 1.54) is 0 Å². The number of nitrogens with one attached hydrogen (secondary N) is 2. The molecule has 0 aliphatic carbocycles. The fourth-order valence-electron chi connectivity index (χ4n) is 2.71. The molecule has 1 saturated heterocycles. The Morgan fingerprint density at radius 2 is 2.20 bits per heavy atom. The number of aliphatic hydroxyl groups is 1. The van der Waals surface area contributed by atoms with Crippen LogP contribution in [-0.2, 0) is 11.2 Å². The van der Waals surface area contributed by atoms with E-state index in [4.69, 9.17) is 0 Å². The molecule has 2 rings (SSSR count). The number of aliphatic hydroxyl groups excluding tert-OH is 1. The highest BCUT2D eigenvalue weighted by Crippen LogP contribution is 2.14. The minimum atomic E-state index is -0.193. The Morgan fingerprint density at radius 3 is 2.85 bits per heavy atom. The van der Waals surface area contributed by atoms with Crippen LogP contribution in [0, 0.1) is 5.92 Å². The van der Waals surface area contributed by atoms with Gasteiger partial charge in [-0.3, -0.25) is 4.79 Å². The molecule has 1 unspecified atom stereocenters. The van der Waals surface area contributed by atoms with E-state index in [1.54, 1.807) is 0 Å². The number of piperidine rings is 1. The lowest BCUT2D eigenvalue weighted by molar-refractivity contribution is -0.123. The van der Waals surface area contributed by atoms with E-state index in [0.29, 0.717) is 18.8 Å². The number of amides is 1. The van der Waals surface area contributed by atoms with E-state index in [2.05, 4.69) is 10.6 Å². The average Bonchev–Trinajstić information content (AvgIpc) is 2.48. The van der Waals surface area contributed by atoms with Gasteiger partial charge in [0.05, 0.1) is 12.6 Å². The van der Waals surface area contributed by atoms with E-state index >= 15 is 0 Å². The smallest absolute Gasteiger partial charge is 0.220 e. The lowest BCUT2D eigenvalue weighted by Crippen LogP contribution is -2.41. The number of hydrogen-bond acceptors (Lipinski definition) is 3. The molecule has 0 saturated carbocycles. The van der Waals surface area contributed by atoms with Crippen molar-refractivity contribution < 1.29 is 9.90 Å². The minimum absolute atomic E-state index is 0.0243. The highest BCUT2D eigenvalue weighted by Gasteiger charge is 2.18. The van der Waals surface area contributed by atoms with Crippen LogP contribution in [0.25, 0.3) is 0 Å². The molecule has 3 N–H and O–H groups in total. The zero-order valence-corrected chi connectivity index (χ0v) is 11.8. The minimum Gasteiger partial charge on any atom is -0.394 e. The van der Waals surface area contributed by atoms with Crippen LogP contribution < -0.4 is 10.6 Å². The number of rotatable bonds is 6. The second-order valence-corrected chi connectivity index (χ2v) is 5.55. The molecule has 20 heavy (non-hydrogen) atoms. The van der Waals surface area contributed by atoms with Gasteiger partial charge >= 0.3 is 0 Å². The summed E-state index contributed by atoms with van der Waals surface area (Å²) in [4.78, 5) is 12.0. The number of hydrogen-bond donors (Lipinski definition) is 3. The molecule has 2 atom stereocenters. The van der Waals surface area contributed by atoms with Gasteiger partial charge in [-0.25, -0.2) is 0 Å². The van der Waals surface area contributed by atoms with E-state index in [1.807, 2.05) is 30.3 Å². The van der Waals surface area contributed by atoms with E-state index < -0.39 is 0 Å². The highest BCUT2D eigenvalue weighted by atomic mass is 16.3. The first-order valence-corrected chi connectivity index (χ1v) is 7.43. The Balaban J connectivity index is 1.78. The van der Waals surface area contributed by atoms with Gasteiger partial charge in [-0.15, -0.1) is 0 Å². The Labute approximate surface area is 120 Å². The standard InChI is InChI=1S/C16H24N2O2/c19-12-15(9-13-5-2-1-3-6-13)18-16(20)10-14-7-4-8-17-11-14/h1-3,5-6,14-15,17,19H,4,7-12H2,(H,18,20)/t14?,15-/m0/s1. The summed E-state index contributed by atoms with van der Waals surface area (Å²) >= 11 is 0. The normalized spacial score (nSPS) is 20.4. The topological polar surface area (TPSA) is 61.4 Å². The zero-order chi connectivity index (χ0) is 14.2. The Hall–Kier alpha value is -1.39. The SMILES string of the molecule is O=C(CC1CCCNC1)N[C@H](CO)Cc1ccccc1. The second-order valence-electron chi connectivity index (χ2n) is 5.55. The van der Waals surface area contributed by atoms with Gasteiger partial charge < -0.3 is 15.7 Å². The fraction of sp³-hybridized carbons (Fsp3) is 0.562. The number of benzene rings is 1. The van der Waals surface area contributed by atoms with E-state index in [0.717, 1.165) is 31.5 Å². The van der Waals surface area contributed by atoms with Crippen LogP contribution in [0.4, 0.5) is 0 Å². The third kappa shape index (κ3) is 4.94. The molecule has 110 valence electrons. The molecule has 1 aromatic carbocycles. The first kappa shape index (κ1) is 15.0. The van der Waals surface area contributed by atoms with Gasteiger partial charge in [0.2, 0.25) is 5.91 Å². The van der Waals surface area contributed by atoms with Gasteiger partial charge in [-0.2, -0.15) is 0 Å². The van der Waals surface area contributed by atoms with Crippen LogP contribution in [0.5, 0.6) is 0 Å². The second kappa shape index (κ2) is 8.02. The molecule has 1 aromatic rings. The molecule has 0 bridgehead atoms. The molecule has 1 aliphatic rings. The van der Waals surface area contributed by atoms with E-state index in [-0.39, 0.29) is 18.6 Å². The van der Waals surface area contributed by atoms with Crippen LogP contribution >= 0.6 is 0 Å². The van der Waals surface area contributed by atoms with Crippen LogP contribution in [0.3, 0.4) is 0 Å². The maximum Gasteiger partial charge on any atom is 0.220 e. The Kier molecular flexibility index (Phi) is 6.02. The fourth-order valence-corrected chi connectivity index (χ4v) is 2.71. The number of carbonyl (C=O) groups is 1. The van der Waals surface area contributed by atoms with Gasteiger partial charge in [0.25, 0.3) is 0 Å². The molecule has 0 spiro atoms. The molecule has 4 heteroatoms. The molecule has 1 aliphatic heterocycles. The quantitative estimate of drug-likeness (QED) is 0.729. The summed E-state index contributed by atoms with van der Waals surface area (Å²) in [6.07, 6.45) is 3.48. The number of carbonyl (C=O) groups excluding carboxylic acids is 1. The maximum absolute atomic E-state index is 12.0. The van der Waals surface area contributed by atoms with Crippen molar-refractivity contribution in [3.8, 4) is 0 Å². The average molecular weight is 276 g/mol. The molecule has 0 radical (unpaired) electrons. The lowest BCUT2D eigenvalue weighted by Gasteiger charge is -2.23. The lowest BCUT2D eigenvalue weighted by atomic mass is 9.95. The summed E-state index contributed by atoms with van der Waals surface area (Å²) in [5, 5.41) is 15.7. The van der Waals surface area contributed by atoms with Crippen molar-refractivity contribution in [3.05, 3.63) is 35.9 Å². The molecule has 1 amide bonds. The van der Waals surface area contributed by atoms with E-state index in [9.17, 15) is 9.90 Å². The summed E-state index contributed by atoms with van der Waals surface area (Å²) in [6, 6.07) is 9.74. The monoisotopic (exact) mass is 276 g/mol. The van der Waals surface area contributed by atoms with Crippen molar-refractivity contribution in [2.75, 3.05) is 19.7 Å². The van der Waals surface area contributed by atoms with Crippen molar-refractivity contribution in [3.63, 3.8) is 0 Å². The van der Waals surface area contributed by atoms with Gasteiger partial charge in [0, 0.05) is 6.42 Å². The summed E-state index contributed by atoms with van der Waals surface area (Å²) in [6.45, 7) is 1.96. The Bertz CT molecular complexity index is 402. The first-order chi connectivity index (χ1) is 9.78. The van der Waals surface area contributed by atoms with Gasteiger partial charge in [-0.05, 0) is 43.8 Å². The van der Waals surface area contributed by atoms with Crippen LogP contribution in [-0.4, -0.2) is 36.8 Å². The Morgan fingerprint density at radius 1 is 1.40 bits per heavy atom. The van der Waals surface area contributed by atoms with Crippen LogP contribution in [0.2, 0.25) is 0 Å². The first-order valence-electron chi connectivity index (χ1n) is 7.43. The third-order valence-corrected chi connectivity index (χ3v) is 3.78. The summed E-state index contributed by atoms with van der Waals surface area (Å²) < 4.78 is 0. The summed E-state index contributed by atoms with van der Waals surface area (Å²) in [7, 11) is 0. The van der Waals surface area contributed by atoms with Crippen molar-refractivity contribution in [2.45, 2.75) is 31.7 Å².